The van der Waals surface area contributed by atoms with Crippen LogP contribution in [0.3, 0.4) is 0 Å². The molecule has 0 bridgehead atoms. The zero-order valence-corrected chi connectivity index (χ0v) is 13.4. The molecule has 4 nitrogen and oxygen atoms in total. The minimum atomic E-state index is -4.65. The first-order valence-electron chi connectivity index (χ1n) is 7.00. The number of thioether (sulfide) groups is 1. The fourth-order valence-corrected chi connectivity index (χ4v) is 2.74. The Bertz CT molecular complexity index is 707. The first kappa shape index (κ1) is 17.5. The highest BCUT2D eigenvalue weighted by atomic mass is 32.2. The van der Waals surface area contributed by atoms with Crippen molar-refractivity contribution in [3.05, 3.63) is 30.1 Å². The Kier molecular flexibility index (Phi) is 5.46. The van der Waals surface area contributed by atoms with E-state index in [1.165, 1.54) is 6.07 Å². The predicted octanol–water partition coefficient (Wildman–Crippen LogP) is 4.08. The number of hydrogen-bond acceptors (Lipinski definition) is 5. The number of halogens is 3. The highest BCUT2D eigenvalue weighted by Crippen LogP contribution is 2.33. The van der Waals surface area contributed by atoms with Gasteiger partial charge in [0.15, 0.2) is 0 Å². The molecule has 8 heteroatoms. The molecule has 0 aliphatic heterocycles. The van der Waals surface area contributed by atoms with E-state index in [4.69, 9.17) is 4.74 Å². The van der Waals surface area contributed by atoms with Crippen molar-refractivity contribution in [3.8, 4) is 0 Å². The van der Waals surface area contributed by atoms with E-state index >= 15 is 0 Å². The zero-order chi connectivity index (χ0) is 17.0. The van der Waals surface area contributed by atoms with Gasteiger partial charge in [0.2, 0.25) is 5.82 Å². The van der Waals surface area contributed by atoms with Gasteiger partial charge in [-0.2, -0.15) is 13.2 Å². The van der Waals surface area contributed by atoms with Gasteiger partial charge in [0.25, 0.3) is 0 Å². The van der Waals surface area contributed by atoms with E-state index in [1.807, 2.05) is 6.92 Å². The number of esters is 1. The van der Waals surface area contributed by atoms with Gasteiger partial charge >= 0.3 is 12.1 Å². The average Bonchev–Trinajstić information content (AvgIpc) is 2.51. The van der Waals surface area contributed by atoms with Gasteiger partial charge in [-0.1, -0.05) is 36.9 Å². The molecule has 0 saturated carbocycles. The van der Waals surface area contributed by atoms with Crippen molar-refractivity contribution in [1.29, 1.82) is 0 Å². The number of benzene rings is 1. The van der Waals surface area contributed by atoms with E-state index < -0.39 is 23.2 Å². The lowest BCUT2D eigenvalue weighted by atomic mass is 10.2. The lowest BCUT2D eigenvalue weighted by molar-refractivity contribution is -0.145. The Morgan fingerprint density at radius 1 is 1.30 bits per heavy atom. The predicted molar refractivity (Wildman–Crippen MR) is 81.1 cm³/mol. The van der Waals surface area contributed by atoms with Gasteiger partial charge in [-0.05, 0) is 19.4 Å². The summed E-state index contributed by atoms with van der Waals surface area (Å²) in [4.78, 5) is 19.0. The molecule has 0 aliphatic carbocycles. The van der Waals surface area contributed by atoms with Gasteiger partial charge in [0, 0.05) is 5.39 Å². The second kappa shape index (κ2) is 7.16. The van der Waals surface area contributed by atoms with Gasteiger partial charge in [-0.15, -0.1) is 0 Å². The Morgan fingerprint density at radius 3 is 2.65 bits per heavy atom. The van der Waals surface area contributed by atoms with Crippen LogP contribution in [0.15, 0.2) is 29.3 Å². The molecule has 0 radical (unpaired) electrons. The summed E-state index contributed by atoms with van der Waals surface area (Å²) < 4.78 is 43.8. The maximum absolute atomic E-state index is 12.9. The molecule has 0 fully saturated rings. The molecule has 1 aromatic heterocycles. The molecule has 1 heterocycles. The number of fused-ring (bicyclic) bond motifs is 1. The molecule has 0 N–H and O–H groups in total. The molecule has 1 unspecified atom stereocenters. The first-order valence-corrected chi connectivity index (χ1v) is 7.88. The van der Waals surface area contributed by atoms with Gasteiger partial charge in [-0.3, -0.25) is 4.79 Å². The van der Waals surface area contributed by atoms with Crippen molar-refractivity contribution in [3.63, 3.8) is 0 Å². The number of rotatable bonds is 5. The van der Waals surface area contributed by atoms with Crippen LogP contribution in [0.5, 0.6) is 0 Å². The lowest BCUT2D eigenvalue weighted by Crippen LogP contribution is -2.18. The van der Waals surface area contributed by atoms with E-state index in [0.717, 1.165) is 11.8 Å². The third kappa shape index (κ3) is 4.34. The molecule has 1 atom stereocenters. The fourth-order valence-electron chi connectivity index (χ4n) is 1.80. The summed E-state index contributed by atoms with van der Waals surface area (Å²) in [5.74, 6) is -1.69. The molecule has 124 valence electrons. The van der Waals surface area contributed by atoms with E-state index in [-0.39, 0.29) is 17.1 Å². The quantitative estimate of drug-likeness (QED) is 0.465. The molecule has 0 saturated heterocycles. The van der Waals surface area contributed by atoms with Crippen molar-refractivity contribution >= 4 is 28.6 Å². The topological polar surface area (TPSA) is 52.1 Å². The Hall–Kier alpha value is -1.83. The van der Waals surface area contributed by atoms with Gasteiger partial charge in [-0.25, -0.2) is 9.97 Å². The molecule has 2 rings (SSSR count). The summed E-state index contributed by atoms with van der Waals surface area (Å²) in [6.07, 6.45) is -3.97. The SMILES string of the molecule is CCCOC(=O)C(C)Sc1nc(C(F)(F)F)nc2ccccc12. The number of aromatic nitrogens is 2. The molecule has 2 aromatic rings. The number of alkyl halides is 3. The molecule has 0 aliphatic rings. The van der Waals surface area contributed by atoms with Crippen LogP contribution in [-0.2, 0) is 15.7 Å². The van der Waals surface area contributed by atoms with Crippen molar-refractivity contribution in [2.75, 3.05) is 6.61 Å². The van der Waals surface area contributed by atoms with Crippen molar-refractivity contribution < 1.29 is 22.7 Å². The lowest BCUT2D eigenvalue weighted by Gasteiger charge is -2.13. The van der Waals surface area contributed by atoms with Crippen LogP contribution in [-0.4, -0.2) is 27.8 Å². The van der Waals surface area contributed by atoms with Crippen LogP contribution in [0.4, 0.5) is 13.2 Å². The van der Waals surface area contributed by atoms with Gasteiger partial charge < -0.3 is 4.74 Å². The second-order valence-electron chi connectivity index (χ2n) is 4.79. The number of para-hydroxylation sites is 1. The third-order valence-corrected chi connectivity index (χ3v) is 3.97. The van der Waals surface area contributed by atoms with E-state index in [9.17, 15) is 18.0 Å². The maximum Gasteiger partial charge on any atom is 0.451 e. The van der Waals surface area contributed by atoms with E-state index in [2.05, 4.69) is 9.97 Å². The Balaban J connectivity index is 2.36. The maximum atomic E-state index is 12.9. The summed E-state index contributed by atoms with van der Waals surface area (Å²) >= 11 is 0.936. The van der Waals surface area contributed by atoms with E-state index in [1.54, 1.807) is 25.1 Å². The number of carbonyl (C=O) groups is 1. The van der Waals surface area contributed by atoms with Crippen molar-refractivity contribution in [2.24, 2.45) is 0 Å². The molecular weight excluding hydrogens is 329 g/mol. The number of nitrogens with zero attached hydrogens (tertiary/aromatic N) is 2. The monoisotopic (exact) mass is 344 g/mol. The fraction of sp³-hybridized carbons (Fsp3) is 0.400. The van der Waals surface area contributed by atoms with Crippen molar-refractivity contribution in [2.45, 2.75) is 36.7 Å². The second-order valence-corrected chi connectivity index (χ2v) is 6.12. The highest BCUT2D eigenvalue weighted by molar-refractivity contribution is 8.00. The average molecular weight is 344 g/mol. The number of hydrogen-bond donors (Lipinski definition) is 0. The van der Waals surface area contributed by atoms with E-state index in [0.29, 0.717) is 11.8 Å². The van der Waals surface area contributed by atoms with Crippen LogP contribution < -0.4 is 0 Å². The minimum Gasteiger partial charge on any atom is -0.465 e. The van der Waals surface area contributed by atoms with Crippen LogP contribution >= 0.6 is 11.8 Å². The standard InChI is InChI=1S/C15H15F3N2O2S/c1-3-8-22-13(21)9(2)23-12-10-6-4-5-7-11(10)19-14(20-12)15(16,17)18/h4-7,9H,3,8H2,1-2H3. The zero-order valence-electron chi connectivity index (χ0n) is 12.6. The molecule has 1 aromatic carbocycles. The number of carbonyl (C=O) groups excluding carboxylic acids is 1. The largest absolute Gasteiger partial charge is 0.465 e. The summed E-state index contributed by atoms with van der Waals surface area (Å²) in [7, 11) is 0. The molecular formula is C15H15F3N2O2S. The number of ether oxygens (including phenoxy) is 1. The molecule has 0 spiro atoms. The third-order valence-electron chi connectivity index (χ3n) is 2.89. The van der Waals surface area contributed by atoms with Crippen LogP contribution in [0, 0.1) is 0 Å². The minimum absolute atomic E-state index is 0.115. The van der Waals surface area contributed by atoms with Crippen molar-refractivity contribution in [1.82, 2.24) is 9.97 Å². The smallest absolute Gasteiger partial charge is 0.451 e. The normalized spacial score (nSPS) is 13.1. The molecule has 23 heavy (non-hydrogen) atoms. The summed E-state index contributed by atoms with van der Waals surface area (Å²) in [6, 6.07) is 6.39. The summed E-state index contributed by atoms with van der Waals surface area (Å²) in [5.41, 5.74) is 0.187. The van der Waals surface area contributed by atoms with Gasteiger partial charge in [0.05, 0.1) is 12.1 Å². The van der Waals surface area contributed by atoms with Gasteiger partial charge in [0.1, 0.15) is 10.3 Å². The summed E-state index contributed by atoms with van der Waals surface area (Å²) in [6.45, 7) is 3.72. The van der Waals surface area contributed by atoms with Crippen LogP contribution in [0.25, 0.3) is 10.9 Å². The Morgan fingerprint density at radius 2 is 2.00 bits per heavy atom. The highest BCUT2D eigenvalue weighted by Gasteiger charge is 2.36. The summed E-state index contributed by atoms with van der Waals surface area (Å²) in [5, 5.41) is -0.0783. The molecule has 0 amide bonds. The Labute approximate surface area is 135 Å². The van der Waals surface area contributed by atoms with Crippen LogP contribution in [0.1, 0.15) is 26.1 Å². The first-order chi connectivity index (χ1) is 10.8. The van der Waals surface area contributed by atoms with Crippen LogP contribution in [0.2, 0.25) is 0 Å².